The van der Waals surface area contributed by atoms with Gasteiger partial charge in [-0.15, -0.1) is 5.11 Å². The number of nitrogens with two attached hydrogens (primary N) is 1. The van der Waals surface area contributed by atoms with Gasteiger partial charge < -0.3 is 5.73 Å². The van der Waals surface area contributed by atoms with E-state index in [1.54, 1.807) is 6.92 Å². The number of nitrogens with zero attached hydrogens (tertiary/aromatic N) is 3. The summed E-state index contributed by atoms with van der Waals surface area (Å²) in [7, 11) is 0. The Morgan fingerprint density at radius 2 is 2.06 bits per heavy atom. The first-order valence-electron chi connectivity index (χ1n) is 5.23. The van der Waals surface area contributed by atoms with Gasteiger partial charge in [0.15, 0.2) is 11.6 Å². The maximum absolute atomic E-state index is 12.9. The van der Waals surface area contributed by atoms with Crippen molar-refractivity contribution >= 4 is 11.4 Å². The molecule has 1 aromatic carbocycles. The lowest BCUT2D eigenvalue weighted by molar-refractivity contribution is 0.509. The van der Waals surface area contributed by atoms with Crippen molar-refractivity contribution in [2.45, 2.75) is 13.0 Å². The fraction of sp³-hybridized carbons (Fsp3) is 0.182. The van der Waals surface area contributed by atoms with Gasteiger partial charge in [0, 0.05) is 12.1 Å². The highest BCUT2D eigenvalue weighted by Crippen LogP contribution is 2.24. The van der Waals surface area contributed by atoms with Gasteiger partial charge >= 0.3 is 0 Å². The predicted octanol–water partition coefficient (Wildman–Crippen LogP) is 3.12. The van der Waals surface area contributed by atoms with E-state index < -0.39 is 11.6 Å². The first-order valence-corrected chi connectivity index (χ1v) is 5.23. The normalized spacial score (nSPS) is 13.1. The zero-order chi connectivity index (χ0) is 13.1. The standard InChI is InChI=1S/C11H11F2N5/c1-6(14)11-10(5-15-18-11)17-16-7-2-3-8(12)9(13)4-7/h2-6H,14H2,1H3,(H,15,18). The van der Waals surface area contributed by atoms with Crippen molar-refractivity contribution in [2.75, 3.05) is 0 Å². The molecule has 0 spiro atoms. The Bertz CT molecular complexity index is 577. The summed E-state index contributed by atoms with van der Waals surface area (Å²) < 4.78 is 25.6. The van der Waals surface area contributed by atoms with Crippen LogP contribution in [0.25, 0.3) is 0 Å². The van der Waals surface area contributed by atoms with Crippen LogP contribution in [0.5, 0.6) is 0 Å². The smallest absolute Gasteiger partial charge is 0.161 e. The predicted molar refractivity (Wildman–Crippen MR) is 61.7 cm³/mol. The Morgan fingerprint density at radius 1 is 1.28 bits per heavy atom. The Labute approximate surface area is 102 Å². The third-order valence-electron chi connectivity index (χ3n) is 2.28. The molecule has 0 saturated carbocycles. The molecule has 7 heteroatoms. The molecule has 2 rings (SSSR count). The van der Waals surface area contributed by atoms with E-state index >= 15 is 0 Å². The molecule has 0 saturated heterocycles. The van der Waals surface area contributed by atoms with Gasteiger partial charge in [0.1, 0.15) is 5.69 Å². The van der Waals surface area contributed by atoms with Crippen LogP contribution in [0.1, 0.15) is 18.7 Å². The summed E-state index contributed by atoms with van der Waals surface area (Å²) in [6.07, 6.45) is 1.46. The lowest BCUT2D eigenvalue weighted by atomic mass is 10.2. The SMILES string of the molecule is CC(N)c1[nH]ncc1N=Nc1ccc(F)c(F)c1. The molecule has 1 atom stereocenters. The molecular formula is C11H11F2N5. The highest BCUT2D eigenvalue weighted by molar-refractivity contribution is 5.42. The third kappa shape index (κ3) is 2.57. The number of hydrogen-bond donors (Lipinski definition) is 2. The fourth-order valence-electron chi connectivity index (χ4n) is 1.36. The van der Waals surface area contributed by atoms with Crippen LogP contribution in [0.3, 0.4) is 0 Å². The summed E-state index contributed by atoms with van der Waals surface area (Å²) in [6.45, 7) is 1.77. The van der Waals surface area contributed by atoms with Crippen molar-refractivity contribution in [1.82, 2.24) is 10.2 Å². The average Bonchev–Trinajstić information content (AvgIpc) is 2.79. The Hall–Kier alpha value is -2.15. The minimum absolute atomic E-state index is 0.214. The highest BCUT2D eigenvalue weighted by atomic mass is 19.2. The number of rotatable bonds is 3. The summed E-state index contributed by atoms with van der Waals surface area (Å²) >= 11 is 0. The molecular weight excluding hydrogens is 240 g/mol. The Balaban J connectivity index is 2.24. The molecule has 0 aliphatic heterocycles. The first kappa shape index (κ1) is 12.3. The molecule has 94 valence electrons. The Kier molecular flexibility index (Phi) is 3.42. The second kappa shape index (κ2) is 5.01. The average molecular weight is 251 g/mol. The summed E-state index contributed by atoms with van der Waals surface area (Å²) in [5.74, 6) is -1.89. The summed E-state index contributed by atoms with van der Waals surface area (Å²) in [5.41, 5.74) is 7.00. The van der Waals surface area contributed by atoms with Gasteiger partial charge in [-0.2, -0.15) is 10.2 Å². The van der Waals surface area contributed by atoms with Crippen LogP contribution in [0, 0.1) is 11.6 Å². The van der Waals surface area contributed by atoms with Crippen LogP contribution in [0.15, 0.2) is 34.6 Å². The van der Waals surface area contributed by atoms with E-state index in [-0.39, 0.29) is 11.7 Å². The lowest BCUT2D eigenvalue weighted by Gasteiger charge is -2.01. The molecule has 2 aromatic rings. The van der Waals surface area contributed by atoms with Crippen molar-refractivity contribution in [3.63, 3.8) is 0 Å². The quantitative estimate of drug-likeness (QED) is 0.822. The van der Waals surface area contributed by atoms with Gasteiger partial charge in [0.2, 0.25) is 0 Å². The second-order valence-corrected chi connectivity index (χ2v) is 3.76. The van der Waals surface area contributed by atoms with Crippen molar-refractivity contribution in [1.29, 1.82) is 0 Å². The largest absolute Gasteiger partial charge is 0.323 e. The van der Waals surface area contributed by atoms with E-state index in [4.69, 9.17) is 5.73 Å². The molecule has 1 heterocycles. The van der Waals surface area contributed by atoms with E-state index in [1.807, 2.05) is 0 Å². The molecule has 0 fully saturated rings. The van der Waals surface area contributed by atoms with Crippen molar-refractivity contribution in [2.24, 2.45) is 16.0 Å². The minimum Gasteiger partial charge on any atom is -0.323 e. The minimum atomic E-state index is -0.967. The van der Waals surface area contributed by atoms with Gasteiger partial charge in [0.05, 0.1) is 17.6 Å². The Morgan fingerprint density at radius 3 is 2.72 bits per heavy atom. The molecule has 0 amide bonds. The van der Waals surface area contributed by atoms with E-state index in [2.05, 4.69) is 20.4 Å². The maximum Gasteiger partial charge on any atom is 0.161 e. The number of azo groups is 1. The van der Waals surface area contributed by atoms with Gasteiger partial charge in [-0.1, -0.05) is 0 Å². The van der Waals surface area contributed by atoms with Crippen molar-refractivity contribution in [3.05, 3.63) is 41.7 Å². The van der Waals surface area contributed by atoms with Crippen LogP contribution in [-0.2, 0) is 0 Å². The van der Waals surface area contributed by atoms with Crippen LogP contribution >= 0.6 is 0 Å². The molecule has 1 aromatic heterocycles. The number of benzene rings is 1. The van der Waals surface area contributed by atoms with Gasteiger partial charge in [-0.05, 0) is 19.1 Å². The molecule has 3 N–H and O–H groups in total. The molecule has 18 heavy (non-hydrogen) atoms. The number of aromatic nitrogens is 2. The number of nitrogens with one attached hydrogen (secondary N) is 1. The molecule has 5 nitrogen and oxygen atoms in total. The topological polar surface area (TPSA) is 79.4 Å². The van der Waals surface area contributed by atoms with Gasteiger partial charge in [0.25, 0.3) is 0 Å². The number of halogens is 2. The molecule has 0 aliphatic rings. The van der Waals surface area contributed by atoms with Crippen LogP contribution in [0.4, 0.5) is 20.2 Å². The maximum atomic E-state index is 12.9. The second-order valence-electron chi connectivity index (χ2n) is 3.76. The first-order chi connectivity index (χ1) is 8.58. The number of aromatic amines is 1. The van der Waals surface area contributed by atoms with Crippen molar-refractivity contribution in [3.8, 4) is 0 Å². The van der Waals surface area contributed by atoms with E-state index in [9.17, 15) is 8.78 Å². The molecule has 0 radical (unpaired) electrons. The van der Waals surface area contributed by atoms with E-state index in [0.717, 1.165) is 12.1 Å². The van der Waals surface area contributed by atoms with Gasteiger partial charge in [-0.3, -0.25) is 5.10 Å². The fourth-order valence-corrected chi connectivity index (χ4v) is 1.36. The van der Waals surface area contributed by atoms with Crippen LogP contribution in [0.2, 0.25) is 0 Å². The summed E-state index contributed by atoms with van der Waals surface area (Å²) in [5, 5.41) is 14.2. The summed E-state index contributed by atoms with van der Waals surface area (Å²) in [6, 6.07) is 3.01. The van der Waals surface area contributed by atoms with E-state index in [0.29, 0.717) is 11.4 Å². The summed E-state index contributed by atoms with van der Waals surface area (Å²) in [4.78, 5) is 0. The number of H-pyrrole nitrogens is 1. The van der Waals surface area contributed by atoms with Crippen LogP contribution < -0.4 is 5.73 Å². The molecule has 1 unspecified atom stereocenters. The van der Waals surface area contributed by atoms with E-state index in [1.165, 1.54) is 12.3 Å². The number of hydrogen-bond acceptors (Lipinski definition) is 4. The van der Waals surface area contributed by atoms with Crippen molar-refractivity contribution < 1.29 is 8.78 Å². The monoisotopic (exact) mass is 251 g/mol. The zero-order valence-corrected chi connectivity index (χ0v) is 9.56. The molecule has 0 bridgehead atoms. The molecule has 0 aliphatic carbocycles. The lowest BCUT2D eigenvalue weighted by Crippen LogP contribution is -2.05. The van der Waals surface area contributed by atoms with Crippen LogP contribution in [-0.4, -0.2) is 10.2 Å². The third-order valence-corrected chi connectivity index (χ3v) is 2.28. The zero-order valence-electron chi connectivity index (χ0n) is 9.56. The highest BCUT2D eigenvalue weighted by Gasteiger charge is 2.08. The van der Waals surface area contributed by atoms with Gasteiger partial charge in [-0.25, -0.2) is 8.78 Å².